The van der Waals surface area contributed by atoms with Gasteiger partial charge in [-0.1, -0.05) is 26.2 Å². The first-order valence-electron chi connectivity index (χ1n) is 8.27. The van der Waals surface area contributed by atoms with Crippen molar-refractivity contribution in [2.75, 3.05) is 13.2 Å². The first kappa shape index (κ1) is 16.5. The van der Waals surface area contributed by atoms with Crippen LogP contribution in [0.1, 0.15) is 57.8 Å². The Morgan fingerprint density at radius 3 is 2.95 bits per heavy atom. The molecule has 4 heteroatoms. The van der Waals surface area contributed by atoms with E-state index in [0.717, 1.165) is 12.2 Å². The fourth-order valence-corrected chi connectivity index (χ4v) is 3.10. The van der Waals surface area contributed by atoms with Crippen LogP contribution in [-0.2, 0) is 4.74 Å². The van der Waals surface area contributed by atoms with Gasteiger partial charge in [0, 0.05) is 6.54 Å². The first-order chi connectivity index (χ1) is 10.2. The van der Waals surface area contributed by atoms with Crippen LogP contribution in [0, 0.1) is 5.92 Å². The van der Waals surface area contributed by atoms with E-state index in [1.54, 1.807) is 6.26 Å². The van der Waals surface area contributed by atoms with Crippen LogP contribution in [0.3, 0.4) is 0 Å². The molecule has 0 spiro atoms. The predicted molar refractivity (Wildman–Crippen MR) is 83.1 cm³/mol. The number of rotatable bonds is 8. The Balaban J connectivity index is 1.66. The van der Waals surface area contributed by atoms with E-state index >= 15 is 0 Å². The molecule has 120 valence electrons. The molecular weight excluding hydrogens is 266 g/mol. The Bertz CT molecular complexity index is 379. The maximum atomic E-state index is 10.1. The van der Waals surface area contributed by atoms with Crippen LogP contribution in [0.4, 0.5) is 0 Å². The molecule has 4 atom stereocenters. The lowest BCUT2D eigenvalue weighted by molar-refractivity contribution is -0.0503. The van der Waals surface area contributed by atoms with Gasteiger partial charge in [0.15, 0.2) is 0 Å². The molecular formula is C17H29NO3. The summed E-state index contributed by atoms with van der Waals surface area (Å²) in [6.07, 6.45) is 7.69. The van der Waals surface area contributed by atoms with Crippen LogP contribution in [0.5, 0.6) is 0 Å². The molecule has 2 N–H and O–H groups in total. The second-order valence-corrected chi connectivity index (χ2v) is 6.12. The topological polar surface area (TPSA) is 54.6 Å². The van der Waals surface area contributed by atoms with Crippen LogP contribution in [0.25, 0.3) is 0 Å². The average Bonchev–Trinajstić information content (AvgIpc) is 3.05. The number of hydrogen-bond acceptors (Lipinski definition) is 4. The van der Waals surface area contributed by atoms with Gasteiger partial charge in [0.2, 0.25) is 0 Å². The molecule has 0 amide bonds. The van der Waals surface area contributed by atoms with E-state index in [1.165, 1.54) is 25.7 Å². The summed E-state index contributed by atoms with van der Waals surface area (Å²) in [6, 6.07) is 3.92. The third-order valence-electron chi connectivity index (χ3n) is 4.50. The lowest BCUT2D eigenvalue weighted by atomic mass is 9.85. The number of furan rings is 1. The van der Waals surface area contributed by atoms with E-state index in [2.05, 4.69) is 12.2 Å². The van der Waals surface area contributed by atoms with Gasteiger partial charge >= 0.3 is 0 Å². The van der Waals surface area contributed by atoms with Gasteiger partial charge in [-0.15, -0.1) is 0 Å². The quantitative estimate of drug-likeness (QED) is 0.773. The molecule has 4 nitrogen and oxygen atoms in total. The summed E-state index contributed by atoms with van der Waals surface area (Å²) in [4.78, 5) is 0. The molecule has 3 unspecified atom stereocenters. The standard InChI is InChI=1S/C17H29NO3/c1-3-14-7-4-5-8-17(14)21-12-15(19)11-18-13(2)16-9-6-10-20-16/h6,9-10,13-15,17-19H,3-5,7-8,11-12H2,1-2H3/t13-,14?,15?,17?/m0/s1. The molecule has 1 aliphatic rings. The molecule has 21 heavy (non-hydrogen) atoms. The summed E-state index contributed by atoms with van der Waals surface area (Å²) >= 11 is 0. The Kier molecular flexibility index (Phi) is 6.74. The smallest absolute Gasteiger partial charge is 0.120 e. The van der Waals surface area contributed by atoms with Crippen molar-refractivity contribution in [3.8, 4) is 0 Å². The fraction of sp³-hybridized carbons (Fsp3) is 0.765. The lowest BCUT2D eigenvalue weighted by Crippen LogP contribution is -2.35. The summed E-state index contributed by atoms with van der Waals surface area (Å²) in [5.41, 5.74) is 0. The van der Waals surface area contributed by atoms with Crippen molar-refractivity contribution in [2.24, 2.45) is 5.92 Å². The van der Waals surface area contributed by atoms with Gasteiger partial charge in [-0.3, -0.25) is 0 Å². The zero-order chi connectivity index (χ0) is 15.1. The van der Waals surface area contributed by atoms with E-state index < -0.39 is 6.10 Å². The van der Waals surface area contributed by atoms with Gasteiger partial charge in [0.1, 0.15) is 5.76 Å². The van der Waals surface area contributed by atoms with E-state index in [-0.39, 0.29) is 6.04 Å². The molecule has 0 aromatic carbocycles. The van der Waals surface area contributed by atoms with Gasteiger partial charge in [0.05, 0.1) is 31.1 Å². The van der Waals surface area contributed by atoms with Crippen molar-refractivity contribution < 1.29 is 14.3 Å². The largest absolute Gasteiger partial charge is 0.468 e. The van der Waals surface area contributed by atoms with Crippen LogP contribution >= 0.6 is 0 Å². The van der Waals surface area contributed by atoms with Gasteiger partial charge in [-0.25, -0.2) is 0 Å². The summed E-state index contributed by atoms with van der Waals surface area (Å²) in [5.74, 6) is 1.56. The highest BCUT2D eigenvalue weighted by atomic mass is 16.5. The van der Waals surface area contributed by atoms with Gasteiger partial charge in [0.25, 0.3) is 0 Å². The minimum absolute atomic E-state index is 0.104. The van der Waals surface area contributed by atoms with E-state index in [9.17, 15) is 5.11 Å². The van der Waals surface area contributed by atoms with Gasteiger partial charge in [-0.2, -0.15) is 0 Å². The van der Waals surface area contributed by atoms with Crippen molar-refractivity contribution in [3.05, 3.63) is 24.2 Å². The Hall–Kier alpha value is -0.840. The van der Waals surface area contributed by atoms with Crippen LogP contribution in [-0.4, -0.2) is 30.5 Å². The van der Waals surface area contributed by atoms with E-state index in [4.69, 9.17) is 9.15 Å². The van der Waals surface area contributed by atoms with Crippen LogP contribution in [0.15, 0.2) is 22.8 Å². The van der Waals surface area contributed by atoms with Crippen molar-refractivity contribution in [3.63, 3.8) is 0 Å². The number of nitrogens with one attached hydrogen (secondary N) is 1. The maximum Gasteiger partial charge on any atom is 0.120 e. The predicted octanol–water partition coefficient (Wildman–Crippen LogP) is 3.28. The molecule has 1 aliphatic carbocycles. The van der Waals surface area contributed by atoms with Crippen molar-refractivity contribution >= 4 is 0 Å². The lowest BCUT2D eigenvalue weighted by Gasteiger charge is -2.31. The molecule has 1 aromatic heterocycles. The summed E-state index contributed by atoms with van der Waals surface area (Å²) in [5, 5.41) is 13.3. The third-order valence-corrected chi connectivity index (χ3v) is 4.50. The van der Waals surface area contributed by atoms with Crippen molar-refractivity contribution in [2.45, 2.75) is 64.2 Å². The van der Waals surface area contributed by atoms with Crippen LogP contribution in [0.2, 0.25) is 0 Å². The molecule has 1 fully saturated rings. The Morgan fingerprint density at radius 2 is 2.24 bits per heavy atom. The highest BCUT2D eigenvalue weighted by molar-refractivity contribution is 5.02. The van der Waals surface area contributed by atoms with Crippen molar-refractivity contribution in [1.29, 1.82) is 0 Å². The zero-order valence-corrected chi connectivity index (χ0v) is 13.3. The fourth-order valence-electron chi connectivity index (χ4n) is 3.10. The SMILES string of the molecule is CCC1CCCCC1OCC(O)CN[C@@H](C)c1ccco1. The molecule has 0 saturated heterocycles. The Morgan fingerprint density at radius 1 is 1.43 bits per heavy atom. The molecule has 1 saturated carbocycles. The molecule has 2 rings (SSSR count). The molecule has 0 bridgehead atoms. The maximum absolute atomic E-state index is 10.1. The molecule has 1 heterocycles. The summed E-state index contributed by atoms with van der Waals surface area (Å²) in [7, 11) is 0. The second-order valence-electron chi connectivity index (χ2n) is 6.12. The highest BCUT2D eigenvalue weighted by Gasteiger charge is 2.25. The van der Waals surface area contributed by atoms with Crippen LogP contribution < -0.4 is 5.32 Å². The zero-order valence-electron chi connectivity index (χ0n) is 13.3. The summed E-state index contributed by atoms with van der Waals surface area (Å²) in [6.45, 7) is 5.19. The third kappa shape index (κ3) is 5.13. The van der Waals surface area contributed by atoms with Crippen molar-refractivity contribution in [1.82, 2.24) is 5.32 Å². The number of hydrogen-bond donors (Lipinski definition) is 2. The van der Waals surface area contributed by atoms with Gasteiger partial charge in [-0.05, 0) is 37.8 Å². The highest BCUT2D eigenvalue weighted by Crippen LogP contribution is 2.29. The normalized spacial score (nSPS) is 25.7. The minimum atomic E-state index is -0.471. The van der Waals surface area contributed by atoms with Gasteiger partial charge < -0.3 is 19.6 Å². The van der Waals surface area contributed by atoms with E-state index in [0.29, 0.717) is 25.2 Å². The first-order valence-corrected chi connectivity index (χ1v) is 8.27. The second kappa shape index (κ2) is 8.57. The minimum Gasteiger partial charge on any atom is -0.468 e. The average molecular weight is 295 g/mol. The molecule has 1 aromatic rings. The monoisotopic (exact) mass is 295 g/mol. The van der Waals surface area contributed by atoms with E-state index in [1.807, 2.05) is 19.1 Å². The Labute approximate surface area is 127 Å². The number of ether oxygens (including phenoxy) is 1. The molecule has 0 radical (unpaired) electrons. The molecule has 0 aliphatic heterocycles. The summed E-state index contributed by atoms with van der Waals surface area (Å²) < 4.78 is 11.3. The number of aliphatic hydroxyl groups is 1. The number of aliphatic hydroxyl groups excluding tert-OH is 1.